The molecule has 6 fully saturated rings. The van der Waals surface area contributed by atoms with Crippen molar-refractivity contribution in [3.63, 3.8) is 0 Å². The van der Waals surface area contributed by atoms with Crippen molar-refractivity contribution >= 4 is 29.4 Å². The number of nitrogens with zero attached hydrogens (tertiary/aromatic N) is 2. The van der Waals surface area contributed by atoms with Crippen LogP contribution in [-0.2, 0) is 53.9 Å². The second-order valence-corrected chi connectivity index (χ2v) is 22.6. The minimum Gasteiger partial charge on any atom is -0.458 e. The fraction of sp³-hybridized carbons (Fsp3) is 0.830. The zero-order chi connectivity index (χ0) is 50.3. The van der Waals surface area contributed by atoms with Crippen LogP contribution in [0.2, 0.25) is 5.02 Å². The number of carbonyl (C=O) groups is 3. The third kappa shape index (κ3) is 10.9. The zero-order valence-electron chi connectivity index (χ0n) is 43.3. The molecule has 69 heavy (non-hydrogen) atoms. The highest BCUT2D eigenvalue weighted by molar-refractivity contribution is 6.30. The van der Waals surface area contributed by atoms with Gasteiger partial charge in [-0.2, -0.15) is 0 Å². The standard InChI is InChI=1S/C53H83ClN2O13/c1-13-40-53(10)45(55(50(61)69-53)25-24-35-20-22-36(54)23-21-35)31(4)42(57)29(2)27-52(9,63-12)47(68-49-43(58)39(26-30(3)64-49)56(37-16-14-17-37)38-18-15-19-38)32(5)44(33(6)48(60)66-40)67-41-28-51(8,62-11)46(59)34(7)65-41/h20-23,29-34,37-41,43-47,49,58-59H,13-19,24-28H2,1-12H3/t29-,30-,31-,32+,33-,34+,39+,40-,41+,43-,44+,45-,46+,47-,49+,51-,52-,53-/m1/s1. The smallest absolute Gasteiger partial charge is 0.410 e. The van der Waals surface area contributed by atoms with Gasteiger partial charge in [-0.1, -0.05) is 64.3 Å². The minimum absolute atomic E-state index is 0.128. The first-order chi connectivity index (χ1) is 32.6. The molecule has 390 valence electrons. The summed E-state index contributed by atoms with van der Waals surface area (Å²) in [6.45, 7) is 18.7. The number of ether oxygens (including phenoxy) is 8. The Labute approximate surface area is 415 Å². The highest BCUT2D eigenvalue weighted by atomic mass is 35.5. The molecular weight excluding hydrogens is 908 g/mol. The van der Waals surface area contributed by atoms with Crippen LogP contribution in [0.4, 0.5) is 4.79 Å². The Morgan fingerprint density at radius 2 is 1.46 bits per heavy atom. The maximum Gasteiger partial charge on any atom is 0.410 e. The van der Waals surface area contributed by atoms with Crippen molar-refractivity contribution in [2.45, 2.75) is 236 Å². The van der Waals surface area contributed by atoms with Crippen molar-refractivity contribution in [3.8, 4) is 0 Å². The second kappa shape index (κ2) is 22.0. The molecule has 18 atom stereocenters. The van der Waals surface area contributed by atoms with Crippen LogP contribution < -0.4 is 0 Å². The van der Waals surface area contributed by atoms with E-state index in [0.29, 0.717) is 29.9 Å². The van der Waals surface area contributed by atoms with E-state index >= 15 is 9.59 Å². The van der Waals surface area contributed by atoms with E-state index < -0.39 is 108 Å². The molecule has 15 nitrogen and oxygen atoms in total. The highest BCUT2D eigenvalue weighted by Crippen LogP contribution is 2.46. The Morgan fingerprint density at radius 1 is 0.841 bits per heavy atom. The molecule has 0 unspecified atom stereocenters. The molecular formula is C53H83ClN2O13. The van der Waals surface area contributed by atoms with E-state index in [0.717, 1.165) is 31.2 Å². The zero-order valence-corrected chi connectivity index (χ0v) is 44.0. The third-order valence-corrected chi connectivity index (χ3v) is 17.6. The fourth-order valence-electron chi connectivity index (χ4n) is 12.8. The third-order valence-electron chi connectivity index (χ3n) is 17.4. The van der Waals surface area contributed by atoms with Crippen molar-refractivity contribution < 1.29 is 62.5 Å². The van der Waals surface area contributed by atoms with Crippen molar-refractivity contribution in [2.24, 2.45) is 23.7 Å². The van der Waals surface area contributed by atoms with E-state index in [2.05, 4.69) is 4.90 Å². The van der Waals surface area contributed by atoms with Crippen LogP contribution in [0.5, 0.6) is 0 Å². The summed E-state index contributed by atoms with van der Waals surface area (Å²) in [5.41, 5.74) is -2.77. The van der Waals surface area contributed by atoms with E-state index in [1.54, 1.807) is 51.8 Å². The number of ketones is 1. The first-order valence-electron chi connectivity index (χ1n) is 25.9. The molecule has 2 aliphatic carbocycles. The van der Waals surface area contributed by atoms with E-state index in [-0.39, 0.29) is 43.7 Å². The summed E-state index contributed by atoms with van der Waals surface area (Å²) in [6.07, 6.45) is -0.0410. The molecule has 0 radical (unpaired) electrons. The first kappa shape index (κ1) is 54.3. The van der Waals surface area contributed by atoms with Crippen LogP contribution in [0, 0.1) is 23.7 Å². The Morgan fingerprint density at radius 3 is 2.03 bits per heavy atom. The topological polar surface area (TPSA) is 172 Å². The number of aliphatic hydroxyl groups is 2. The summed E-state index contributed by atoms with van der Waals surface area (Å²) in [7, 11) is 3.12. The van der Waals surface area contributed by atoms with Gasteiger partial charge in [-0.05, 0) is 111 Å². The molecule has 1 aromatic carbocycles. The van der Waals surface area contributed by atoms with Gasteiger partial charge in [0.25, 0.3) is 0 Å². The lowest BCUT2D eigenvalue weighted by molar-refractivity contribution is -0.321. The summed E-state index contributed by atoms with van der Waals surface area (Å²) in [4.78, 5) is 48.5. The van der Waals surface area contributed by atoms with Crippen LogP contribution in [0.15, 0.2) is 24.3 Å². The van der Waals surface area contributed by atoms with Crippen molar-refractivity contribution in [1.82, 2.24) is 9.80 Å². The summed E-state index contributed by atoms with van der Waals surface area (Å²) in [5, 5.41) is 24.3. The van der Waals surface area contributed by atoms with Crippen molar-refractivity contribution in [3.05, 3.63) is 34.9 Å². The molecule has 4 aliphatic heterocycles. The molecule has 6 aliphatic rings. The summed E-state index contributed by atoms with van der Waals surface area (Å²) in [6, 6.07) is 7.19. The summed E-state index contributed by atoms with van der Waals surface area (Å²) in [5.74, 6) is -3.86. The van der Waals surface area contributed by atoms with Crippen molar-refractivity contribution in [1.29, 1.82) is 0 Å². The number of fused-ring (bicyclic) bond motifs is 1. The average Bonchev–Trinajstić information content (AvgIpc) is 3.54. The SMILES string of the molecule is CC[C@H]1OC(=O)[C@H](C)[C@@H](O[C@H]2C[C@@](C)(OC)[C@@H](O)[C@H](C)O2)[C@H](C)[C@@H](O[C@@H]2O[C@H](C)C[C@H](N(C3CCC3)C3CCC3)[C@H]2O)[C@](C)(OC)C[C@@H](C)C(=O)[C@@H](C)[C@H]2N(CCc3ccc(Cl)cc3)C(=O)O[C@]12C. The predicted molar refractivity (Wildman–Crippen MR) is 258 cm³/mol. The van der Waals surface area contributed by atoms with Gasteiger partial charge in [0.05, 0.1) is 47.6 Å². The number of amides is 1. The monoisotopic (exact) mass is 991 g/mol. The van der Waals surface area contributed by atoms with E-state index in [4.69, 9.17) is 49.5 Å². The van der Waals surface area contributed by atoms with E-state index in [1.165, 1.54) is 20.0 Å². The molecule has 1 amide bonds. The van der Waals surface area contributed by atoms with Crippen LogP contribution in [-0.4, -0.2) is 155 Å². The van der Waals surface area contributed by atoms with Crippen LogP contribution in [0.1, 0.15) is 139 Å². The highest BCUT2D eigenvalue weighted by Gasteiger charge is 2.61. The Bertz CT molecular complexity index is 1910. The number of hydrogen-bond donors (Lipinski definition) is 2. The number of benzene rings is 1. The van der Waals surface area contributed by atoms with Crippen molar-refractivity contribution in [2.75, 3.05) is 20.8 Å². The molecule has 2 N–H and O–H groups in total. The molecule has 0 spiro atoms. The maximum absolute atomic E-state index is 15.2. The Hall–Kier alpha value is -2.44. The van der Waals surface area contributed by atoms with Gasteiger partial charge < -0.3 is 48.1 Å². The first-order valence-corrected chi connectivity index (χ1v) is 26.3. The molecule has 0 bridgehead atoms. The molecule has 4 heterocycles. The number of carbonyl (C=O) groups excluding carboxylic acids is 3. The van der Waals surface area contributed by atoms with Gasteiger partial charge in [0.2, 0.25) is 0 Å². The van der Waals surface area contributed by atoms with Gasteiger partial charge in [-0.3, -0.25) is 19.4 Å². The van der Waals surface area contributed by atoms with Gasteiger partial charge in [-0.15, -0.1) is 0 Å². The Kier molecular flexibility index (Phi) is 17.3. The number of esters is 1. The number of aliphatic hydroxyl groups excluding tert-OH is 2. The number of hydrogen-bond acceptors (Lipinski definition) is 14. The summed E-state index contributed by atoms with van der Waals surface area (Å²) >= 11 is 6.20. The molecule has 7 rings (SSSR count). The number of rotatable bonds is 13. The quantitative estimate of drug-likeness (QED) is 0.185. The van der Waals surface area contributed by atoms with E-state index in [9.17, 15) is 15.0 Å². The lowest BCUT2D eigenvalue weighted by Crippen LogP contribution is -2.65. The van der Waals surface area contributed by atoms with Crippen LogP contribution in [0.3, 0.4) is 0 Å². The fourth-order valence-corrected chi connectivity index (χ4v) is 12.9. The van der Waals surface area contributed by atoms with Gasteiger partial charge in [0, 0.05) is 68.1 Å². The van der Waals surface area contributed by atoms with Gasteiger partial charge >= 0.3 is 12.1 Å². The minimum atomic E-state index is -1.43. The average molecular weight is 992 g/mol. The maximum atomic E-state index is 15.2. The molecule has 4 saturated heterocycles. The number of halogens is 1. The molecule has 2 saturated carbocycles. The summed E-state index contributed by atoms with van der Waals surface area (Å²) < 4.78 is 52.5. The number of cyclic esters (lactones) is 1. The van der Waals surface area contributed by atoms with Gasteiger partial charge in [0.15, 0.2) is 18.2 Å². The van der Waals surface area contributed by atoms with Crippen LogP contribution >= 0.6 is 11.6 Å². The normalized spacial score (nSPS) is 43.1. The molecule has 16 heteroatoms. The lowest BCUT2D eigenvalue weighted by atomic mass is 9.73. The molecule has 0 aromatic heterocycles. The van der Waals surface area contributed by atoms with Gasteiger partial charge in [-0.25, -0.2) is 4.79 Å². The lowest BCUT2D eigenvalue weighted by Gasteiger charge is -2.54. The predicted octanol–water partition coefficient (Wildman–Crippen LogP) is 7.65. The Balaban J connectivity index is 1.29. The number of Topliss-reactive ketones (excluding diaryl/α,β-unsaturated/α-hetero) is 1. The molecule has 1 aromatic rings. The van der Waals surface area contributed by atoms with E-state index in [1.807, 2.05) is 53.7 Å². The largest absolute Gasteiger partial charge is 0.458 e. The van der Waals surface area contributed by atoms with Gasteiger partial charge in [0.1, 0.15) is 24.1 Å². The second-order valence-electron chi connectivity index (χ2n) is 22.2. The van der Waals surface area contributed by atoms with Crippen LogP contribution in [0.25, 0.3) is 0 Å². The number of methoxy groups -OCH3 is 2.